The lowest BCUT2D eigenvalue weighted by molar-refractivity contribution is -0.0549. The maximum atomic E-state index is 6.22. The molecule has 16 heavy (non-hydrogen) atoms. The molecule has 0 aromatic heterocycles. The Hall–Kier alpha value is -0.340. The van der Waals surface area contributed by atoms with Crippen molar-refractivity contribution >= 4 is 0 Å². The van der Waals surface area contributed by atoms with Crippen LogP contribution in [-0.2, 0) is 4.74 Å². The summed E-state index contributed by atoms with van der Waals surface area (Å²) in [7, 11) is 0. The van der Waals surface area contributed by atoms with Gasteiger partial charge in [0.2, 0.25) is 0 Å². The molecule has 2 bridgehead atoms. The van der Waals surface area contributed by atoms with Gasteiger partial charge in [0.15, 0.2) is 0 Å². The summed E-state index contributed by atoms with van der Waals surface area (Å²) in [5.41, 5.74) is 7.90. The van der Waals surface area contributed by atoms with Gasteiger partial charge in [-0.15, -0.1) is 0 Å². The fourth-order valence-corrected chi connectivity index (χ4v) is 3.29. The fourth-order valence-electron chi connectivity index (χ4n) is 3.29. The lowest BCUT2D eigenvalue weighted by Crippen LogP contribution is -2.45. The third-order valence-electron chi connectivity index (χ3n) is 3.99. The van der Waals surface area contributed by atoms with Gasteiger partial charge in [0.25, 0.3) is 0 Å². The summed E-state index contributed by atoms with van der Waals surface area (Å²) in [5.74, 6) is 0.848. The lowest BCUT2D eigenvalue weighted by Gasteiger charge is -2.43. The van der Waals surface area contributed by atoms with Gasteiger partial charge in [0, 0.05) is 5.41 Å². The Labute approximate surface area is 99.2 Å². The standard InChI is InChI=1S/C14H25NO/c1-10(2)16-13(15)14(3)8-11-5-4-6-12(7-11)9-14/h8,10,12-13H,4-7,9,15H2,1-3H3/t12-,13?,14+/m1/s1. The number of hydrogen-bond acceptors (Lipinski definition) is 2. The molecular formula is C14H25NO. The Kier molecular flexibility index (Phi) is 3.41. The van der Waals surface area contributed by atoms with E-state index in [0.717, 1.165) is 5.92 Å². The van der Waals surface area contributed by atoms with Gasteiger partial charge in [-0.1, -0.05) is 18.6 Å². The predicted molar refractivity (Wildman–Crippen MR) is 67.0 cm³/mol. The Morgan fingerprint density at radius 3 is 2.88 bits per heavy atom. The summed E-state index contributed by atoms with van der Waals surface area (Å²) in [6, 6.07) is 0. The molecule has 2 rings (SSSR count). The zero-order chi connectivity index (χ0) is 11.8. The molecule has 2 nitrogen and oxygen atoms in total. The van der Waals surface area contributed by atoms with Gasteiger partial charge >= 0.3 is 0 Å². The number of allylic oxidation sites excluding steroid dienone is 1. The van der Waals surface area contributed by atoms with Crippen molar-refractivity contribution in [3.63, 3.8) is 0 Å². The maximum absolute atomic E-state index is 6.22. The average molecular weight is 223 g/mol. The second kappa shape index (κ2) is 4.50. The number of ether oxygens (including phenoxy) is 1. The van der Waals surface area contributed by atoms with Gasteiger partial charge in [0.05, 0.1) is 6.10 Å². The Bertz CT molecular complexity index is 284. The van der Waals surface area contributed by atoms with E-state index in [-0.39, 0.29) is 17.7 Å². The molecule has 0 radical (unpaired) electrons. The minimum absolute atomic E-state index is 0.0585. The van der Waals surface area contributed by atoms with Crippen molar-refractivity contribution in [3.05, 3.63) is 11.6 Å². The van der Waals surface area contributed by atoms with Gasteiger partial charge in [-0.25, -0.2) is 0 Å². The average Bonchev–Trinajstić information content (AvgIpc) is 2.15. The van der Waals surface area contributed by atoms with E-state index in [1.54, 1.807) is 5.57 Å². The summed E-state index contributed by atoms with van der Waals surface area (Å²) in [6.07, 6.45) is 9.01. The molecule has 2 aliphatic rings. The zero-order valence-corrected chi connectivity index (χ0v) is 10.8. The SMILES string of the molecule is CC(C)OC(N)[C@@]1(C)C=C2CCC[C@H](C2)C1. The van der Waals surface area contributed by atoms with Crippen LogP contribution in [0.15, 0.2) is 11.6 Å². The molecule has 1 saturated carbocycles. The van der Waals surface area contributed by atoms with E-state index in [4.69, 9.17) is 10.5 Å². The van der Waals surface area contributed by atoms with E-state index in [2.05, 4.69) is 26.8 Å². The van der Waals surface area contributed by atoms with Gasteiger partial charge in [-0.2, -0.15) is 0 Å². The van der Waals surface area contributed by atoms with Crippen molar-refractivity contribution in [2.24, 2.45) is 17.1 Å². The molecule has 2 aliphatic carbocycles. The Morgan fingerprint density at radius 2 is 2.25 bits per heavy atom. The summed E-state index contributed by atoms with van der Waals surface area (Å²) in [5, 5.41) is 0. The molecule has 0 saturated heterocycles. The molecule has 2 heteroatoms. The quantitative estimate of drug-likeness (QED) is 0.589. The number of hydrogen-bond donors (Lipinski definition) is 1. The first-order valence-electron chi connectivity index (χ1n) is 6.61. The molecule has 0 spiro atoms. The highest BCUT2D eigenvalue weighted by molar-refractivity contribution is 5.17. The number of rotatable bonds is 3. The summed E-state index contributed by atoms with van der Waals surface area (Å²) < 4.78 is 5.79. The van der Waals surface area contributed by atoms with Crippen LogP contribution >= 0.6 is 0 Å². The Morgan fingerprint density at radius 1 is 1.50 bits per heavy atom. The van der Waals surface area contributed by atoms with E-state index in [1.165, 1.54) is 32.1 Å². The van der Waals surface area contributed by atoms with Gasteiger partial charge < -0.3 is 10.5 Å². The molecule has 1 fully saturated rings. The highest BCUT2D eigenvalue weighted by Crippen LogP contribution is 2.45. The van der Waals surface area contributed by atoms with E-state index in [0.29, 0.717) is 0 Å². The topological polar surface area (TPSA) is 35.2 Å². The van der Waals surface area contributed by atoms with Crippen LogP contribution in [0.4, 0.5) is 0 Å². The molecule has 1 unspecified atom stereocenters. The number of fused-ring (bicyclic) bond motifs is 2. The highest BCUT2D eigenvalue weighted by Gasteiger charge is 2.38. The van der Waals surface area contributed by atoms with Crippen LogP contribution in [0.3, 0.4) is 0 Å². The molecule has 2 N–H and O–H groups in total. The summed E-state index contributed by atoms with van der Waals surface area (Å²) >= 11 is 0. The molecular weight excluding hydrogens is 198 g/mol. The Balaban J connectivity index is 2.12. The zero-order valence-electron chi connectivity index (χ0n) is 10.8. The van der Waals surface area contributed by atoms with Crippen LogP contribution in [-0.4, -0.2) is 12.3 Å². The first kappa shape index (κ1) is 12.1. The van der Waals surface area contributed by atoms with Crippen LogP contribution in [0.2, 0.25) is 0 Å². The molecule has 3 atom stereocenters. The molecule has 92 valence electrons. The summed E-state index contributed by atoms with van der Waals surface area (Å²) in [6.45, 7) is 6.37. The second-order valence-corrected chi connectivity index (χ2v) is 6.08. The van der Waals surface area contributed by atoms with Crippen molar-refractivity contribution in [1.29, 1.82) is 0 Å². The van der Waals surface area contributed by atoms with Gasteiger partial charge in [0.1, 0.15) is 6.23 Å². The molecule has 0 amide bonds. The van der Waals surface area contributed by atoms with Crippen molar-refractivity contribution in [2.45, 2.75) is 65.2 Å². The molecule has 0 aromatic rings. The van der Waals surface area contributed by atoms with E-state index < -0.39 is 0 Å². The third-order valence-corrected chi connectivity index (χ3v) is 3.99. The van der Waals surface area contributed by atoms with Crippen LogP contribution in [0.1, 0.15) is 52.9 Å². The normalized spacial score (nSPS) is 36.1. The van der Waals surface area contributed by atoms with Crippen LogP contribution < -0.4 is 5.73 Å². The summed E-state index contributed by atoms with van der Waals surface area (Å²) in [4.78, 5) is 0. The molecule has 0 aliphatic heterocycles. The maximum Gasteiger partial charge on any atom is 0.114 e. The van der Waals surface area contributed by atoms with Crippen molar-refractivity contribution < 1.29 is 4.74 Å². The minimum Gasteiger partial charge on any atom is -0.360 e. The fraction of sp³-hybridized carbons (Fsp3) is 0.857. The largest absolute Gasteiger partial charge is 0.360 e. The number of nitrogens with two attached hydrogens (primary N) is 1. The first-order valence-corrected chi connectivity index (χ1v) is 6.61. The van der Waals surface area contributed by atoms with Crippen LogP contribution in [0.25, 0.3) is 0 Å². The first-order chi connectivity index (χ1) is 7.49. The van der Waals surface area contributed by atoms with E-state index in [1.807, 2.05) is 0 Å². The second-order valence-electron chi connectivity index (χ2n) is 6.08. The molecule has 0 heterocycles. The van der Waals surface area contributed by atoms with Gasteiger partial charge in [-0.05, 0) is 51.9 Å². The highest BCUT2D eigenvalue weighted by atomic mass is 16.5. The minimum atomic E-state index is -0.150. The van der Waals surface area contributed by atoms with Crippen molar-refractivity contribution in [1.82, 2.24) is 0 Å². The molecule has 0 aromatic carbocycles. The van der Waals surface area contributed by atoms with Crippen LogP contribution in [0, 0.1) is 11.3 Å². The smallest absolute Gasteiger partial charge is 0.114 e. The van der Waals surface area contributed by atoms with Crippen molar-refractivity contribution in [3.8, 4) is 0 Å². The monoisotopic (exact) mass is 223 g/mol. The van der Waals surface area contributed by atoms with Crippen LogP contribution in [0.5, 0.6) is 0 Å². The predicted octanol–water partition coefficient (Wildman–Crippen LogP) is 3.22. The van der Waals surface area contributed by atoms with Crippen molar-refractivity contribution in [2.75, 3.05) is 0 Å². The third kappa shape index (κ3) is 2.49. The lowest BCUT2D eigenvalue weighted by atomic mass is 9.67. The van der Waals surface area contributed by atoms with Gasteiger partial charge in [-0.3, -0.25) is 0 Å². The van der Waals surface area contributed by atoms with E-state index in [9.17, 15) is 0 Å². The van der Waals surface area contributed by atoms with E-state index >= 15 is 0 Å².